The maximum atomic E-state index is 15.3. The second-order valence-electron chi connectivity index (χ2n) is 12.0. The van der Waals surface area contributed by atoms with Gasteiger partial charge < -0.3 is 24.5 Å². The standard InChI is InChI=1S/C33H30F3N3O6S/c1-17(31(40)41)18-6-5-7-19(12-18)33(15-32(2,16-33)44-3)24-14-38-30(39-24)22-13-20(8-9-23(22)34)45-28-26(36)25(35)27-21(10-11-37-27)29(28)46(4,42)43/h5-14,17,37H,15-16H2,1-4H3,(H,38,39)(H,40,41). The molecule has 9 nitrogen and oxygen atoms in total. The Balaban J connectivity index is 1.41. The molecule has 0 aliphatic heterocycles. The lowest BCUT2D eigenvalue weighted by Crippen LogP contribution is -2.54. The average molecular weight is 654 g/mol. The van der Waals surface area contributed by atoms with Gasteiger partial charge in [-0.1, -0.05) is 24.3 Å². The number of ether oxygens (including phenoxy) is 2. The Bertz CT molecular complexity index is 2120. The molecule has 0 bridgehead atoms. The molecule has 0 spiro atoms. The summed E-state index contributed by atoms with van der Waals surface area (Å²) in [5.74, 6) is -6.15. The fraction of sp³-hybridized carbons (Fsp3) is 0.273. The van der Waals surface area contributed by atoms with Gasteiger partial charge >= 0.3 is 5.97 Å². The van der Waals surface area contributed by atoms with Crippen LogP contribution in [0.1, 0.15) is 49.4 Å². The van der Waals surface area contributed by atoms with Crippen molar-refractivity contribution in [1.82, 2.24) is 15.0 Å². The minimum Gasteiger partial charge on any atom is -0.481 e. The van der Waals surface area contributed by atoms with E-state index >= 15 is 8.78 Å². The number of fused-ring (bicyclic) bond motifs is 1. The third-order valence-corrected chi connectivity index (χ3v) is 9.99. The molecule has 3 N–H and O–H groups in total. The number of methoxy groups -OCH3 is 1. The van der Waals surface area contributed by atoms with E-state index in [1.807, 2.05) is 19.1 Å². The van der Waals surface area contributed by atoms with Crippen LogP contribution in [-0.2, 0) is 24.8 Å². The first-order chi connectivity index (χ1) is 21.7. The van der Waals surface area contributed by atoms with E-state index in [1.54, 1.807) is 32.4 Å². The van der Waals surface area contributed by atoms with Crippen molar-refractivity contribution in [1.29, 1.82) is 0 Å². The summed E-state index contributed by atoms with van der Waals surface area (Å²) >= 11 is 0. The molecular formula is C33H30F3N3O6S. The number of hydrogen-bond donors (Lipinski definition) is 3. The van der Waals surface area contributed by atoms with Gasteiger partial charge in [-0.05, 0) is 62.1 Å². The van der Waals surface area contributed by atoms with Crippen molar-refractivity contribution in [2.75, 3.05) is 13.4 Å². The Morgan fingerprint density at radius 2 is 1.83 bits per heavy atom. The third-order valence-electron chi connectivity index (χ3n) is 8.84. The molecule has 1 aliphatic carbocycles. The number of carbonyl (C=O) groups is 1. The van der Waals surface area contributed by atoms with Crippen LogP contribution in [0.4, 0.5) is 13.2 Å². The molecule has 6 rings (SSSR count). The van der Waals surface area contributed by atoms with Gasteiger partial charge in [-0.2, -0.15) is 4.39 Å². The van der Waals surface area contributed by atoms with E-state index in [1.165, 1.54) is 24.4 Å². The summed E-state index contributed by atoms with van der Waals surface area (Å²) in [6, 6.07) is 12.0. The largest absolute Gasteiger partial charge is 0.481 e. The third kappa shape index (κ3) is 5.13. The molecule has 3 aromatic carbocycles. The molecule has 240 valence electrons. The van der Waals surface area contributed by atoms with E-state index in [0.717, 1.165) is 17.9 Å². The van der Waals surface area contributed by atoms with Crippen molar-refractivity contribution >= 4 is 26.7 Å². The first-order valence-electron chi connectivity index (χ1n) is 14.3. The number of carboxylic acids is 1. The Morgan fingerprint density at radius 3 is 2.50 bits per heavy atom. The number of aromatic amines is 2. The molecule has 1 atom stereocenters. The van der Waals surface area contributed by atoms with Crippen LogP contribution in [0.25, 0.3) is 22.3 Å². The number of nitrogens with one attached hydrogen (secondary N) is 2. The van der Waals surface area contributed by atoms with Crippen molar-refractivity contribution in [2.45, 2.75) is 48.5 Å². The van der Waals surface area contributed by atoms with E-state index in [9.17, 15) is 22.7 Å². The van der Waals surface area contributed by atoms with Crippen molar-refractivity contribution in [3.8, 4) is 22.9 Å². The SMILES string of the molecule is COC1(C)CC(c2cccc(C(C)C(=O)O)c2)(c2cnc(-c3cc(Oc4c(F)c(F)c5[nH]ccc5c4S(C)(=O)=O)ccc3F)[nH]2)C1. The minimum atomic E-state index is -4.11. The lowest BCUT2D eigenvalue weighted by molar-refractivity contribution is -0.138. The molecule has 0 amide bonds. The Labute approximate surface area is 262 Å². The topological polar surface area (TPSA) is 134 Å². The van der Waals surface area contributed by atoms with Gasteiger partial charge in [-0.3, -0.25) is 4.79 Å². The molecule has 46 heavy (non-hydrogen) atoms. The quantitative estimate of drug-likeness (QED) is 0.148. The molecular weight excluding hydrogens is 623 g/mol. The molecule has 1 aliphatic rings. The summed E-state index contributed by atoms with van der Waals surface area (Å²) < 4.78 is 82.1. The number of H-pyrrole nitrogens is 2. The molecule has 1 fully saturated rings. The maximum absolute atomic E-state index is 15.3. The molecule has 13 heteroatoms. The van der Waals surface area contributed by atoms with Crippen LogP contribution in [0.3, 0.4) is 0 Å². The summed E-state index contributed by atoms with van der Waals surface area (Å²) in [6.45, 7) is 3.57. The summed E-state index contributed by atoms with van der Waals surface area (Å²) in [5, 5.41) is 9.48. The van der Waals surface area contributed by atoms with Crippen LogP contribution in [0.2, 0.25) is 0 Å². The minimum absolute atomic E-state index is 0.0644. The van der Waals surface area contributed by atoms with Crippen molar-refractivity contribution < 1.29 is 41.0 Å². The molecule has 1 saturated carbocycles. The van der Waals surface area contributed by atoms with Crippen LogP contribution in [0, 0.1) is 17.5 Å². The normalized spacial score (nSPS) is 20.4. The fourth-order valence-electron chi connectivity index (χ4n) is 6.37. The van der Waals surface area contributed by atoms with E-state index in [2.05, 4.69) is 15.0 Å². The fourth-order valence-corrected chi connectivity index (χ4v) is 7.40. The molecule has 0 radical (unpaired) electrons. The van der Waals surface area contributed by atoms with E-state index < -0.39 is 60.8 Å². The highest BCUT2D eigenvalue weighted by Gasteiger charge is 2.55. The number of carboxylic acid groups (broad SMARTS) is 1. The Kier molecular flexibility index (Phi) is 7.51. The van der Waals surface area contributed by atoms with Gasteiger partial charge in [0.1, 0.15) is 22.3 Å². The highest BCUT2D eigenvalue weighted by molar-refractivity contribution is 7.91. The summed E-state index contributed by atoms with van der Waals surface area (Å²) in [4.78, 5) is 21.3. The first-order valence-corrected chi connectivity index (χ1v) is 16.2. The van der Waals surface area contributed by atoms with Crippen LogP contribution < -0.4 is 4.74 Å². The van der Waals surface area contributed by atoms with Crippen LogP contribution in [-0.4, -0.2) is 53.4 Å². The number of rotatable bonds is 9. The molecule has 1 unspecified atom stereocenters. The summed E-state index contributed by atoms with van der Waals surface area (Å²) in [7, 11) is -2.49. The molecule has 0 saturated heterocycles. The van der Waals surface area contributed by atoms with Gasteiger partial charge in [0.2, 0.25) is 5.82 Å². The van der Waals surface area contributed by atoms with Gasteiger partial charge in [-0.15, -0.1) is 0 Å². The van der Waals surface area contributed by atoms with Gasteiger partial charge in [0.15, 0.2) is 21.4 Å². The van der Waals surface area contributed by atoms with Crippen LogP contribution >= 0.6 is 0 Å². The van der Waals surface area contributed by atoms with Gasteiger partial charge in [0, 0.05) is 42.3 Å². The molecule has 2 aromatic heterocycles. The molecule has 5 aromatic rings. The zero-order chi connectivity index (χ0) is 33.2. The predicted octanol–water partition coefficient (Wildman–Crippen LogP) is 6.84. The van der Waals surface area contributed by atoms with Gasteiger partial charge in [0.25, 0.3) is 0 Å². The van der Waals surface area contributed by atoms with Gasteiger partial charge in [-0.25, -0.2) is 22.2 Å². The van der Waals surface area contributed by atoms with E-state index in [0.29, 0.717) is 24.1 Å². The molecule has 2 heterocycles. The Hall–Kier alpha value is -4.62. The van der Waals surface area contributed by atoms with Crippen molar-refractivity contribution in [2.24, 2.45) is 0 Å². The lowest BCUT2D eigenvalue weighted by atomic mass is 9.55. The van der Waals surface area contributed by atoms with Crippen molar-refractivity contribution in [3.05, 3.63) is 95.2 Å². The highest BCUT2D eigenvalue weighted by atomic mass is 32.2. The smallest absolute Gasteiger partial charge is 0.310 e. The maximum Gasteiger partial charge on any atom is 0.310 e. The summed E-state index contributed by atoms with van der Waals surface area (Å²) in [6.07, 6.45) is 4.75. The number of benzene rings is 3. The van der Waals surface area contributed by atoms with E-state index in [4.69, 9.17) is 9.47 Å². The number of halogens is 3. The predicted molar refractivity (Wildman–Crippen MR) is 163 cm³/mol. The number of nitrogens with zero attached hydrogens (tertiary/aromatic N) is 1. The average Bonchev–Trinajstić information content (AvgIpc) is 3.69. The second kappa shape index (κ2) is 11.0. The number of aliphatic carboxylic acids is 1. The number of imidazole rings is 1. The first kappa shape index (κ1) is 31.4. The van der Waals surface area contributed by atoms with E-state index in [-0.39, 0.29) is 28.0 Å². The zero-order valence-electron chi connectivity index (χ0n) is 25.2. The van der Waals surface area contributed by atoms with Crippen LogP contribution in [0.5, 0.6) is 11.5 Å². The van der Waals surface area contributed by atoms with Gasteiger partial charge in [0.05, 0.1) is 22.6 Å². The summed E-state index contributed by atoms with van der Waals surface area (Å²) in [5.41, 5.74) is 0.568. The monoisotopic (exact) mass is 653 g/mol. The number of sulfone groups is 1. The van der Waals surface area contributed by atoms with Crippen LogP contribution in [0.15, 0.2) is 65.8 Å². The lowest BCUT2D eigenvalue weighted by Gasteiger charge is -2.53. The highest BCUT2D eigenvalue weighted by Crippen LogP contribution is 2.56. The number of aromatic nitrogens is 3. The zero-order valence-corrected chi connectivity index (χ0v) is 26.1. The Morgan fingerprint density at radius 1 is 1.09 bits per heavy atom. The second-order valence-corrected chi connectivity index (χ2v) is 13.9. The van der Waals surface area contributed by atoms with Crippen molar-refractivity contribution in [3.63, 3.8) is 0 Å². The number of hydrogen-bond acceptors (Lipinski definition) is 6.